The highest BCUT2D eigenvalue weighted by Crippen LogP contribution is 2.32. The standard InChI is InChI=1S/C20H24N2O/c1-19(2,3)14-8-6-13(7-9-14)18-15-12-17(20(4,5)23)22-16(15)10-11-21-18/h6-12,22-23H,1-5H3. The second-order valence-electron chi connectivity index (χ2n) is 7.69. The molecule has 3 aromatic rings. The summed E-state index contributed by atoms with van der Waals surface area (Å²) < 4.78 is 0. The highest BCUT2D eigenvalue weighted by molar-refractivity contribution is 5.93. The molecule has 0 bridgehead atoms. The van der Waals surface area contributed by atoms with E-state index in [1.165, 1.54) is 5.56 Å². The number of fused-ring (bicyclic) bond motifs is 1. The van der Waals surface area contributed by atoms with Crippen LogP contribution in [0.25, 0.3) is 22.2 Å². The summed E-state index contributed by atoms with van der Waals surface area (Å²) in [6.45, 7) is 10.2. The Hall–Kier alpha value is -2.13. The van der Waals surface area contributed by atoms with Gasteiger partial charge in [-0.25, -0.2) is 0 Å². The first-order chi connectivity index (χ1) is 10.7. The van der Waals surface area contributed by atoms with Gasteiger partial charge in [-0.3, -0.25) is 4.98 Å². The van der Waals surface area contributed by atoms with Gasteiger partial charge in [0.15, 0.2) is 0 Å². The number of benzene rings is 1. The summed E-state index contributed by atoms with van der Waals surface area (Å²) in [4.78, 5) is 7.85. The Balaban J connectivity index is 2.11. The predicted octanol–water partition coefficient (Wildman–Crippen LogP) is 4.75. The number of aromatic nitrogens is 2. The third kappa shape index (κ3) is 3.02. The monoisotopic (exact) mass is 308 g/mol. The van der Waals surface area contributed by atoms with Crippen LogP contribution in [0.3, 0.4) is 0 Å². The quantitative estimate of drug-likeness (QED) is 0.717. The third-order valence-electron chi connectivity index (χ3n) is 4.23. The number of pyridine rings is 1. The van der Waals surface area contributed by atoms with Crippen LogP contribution in [0.2, 0.25) is 0 Å². The molecule has 0 saturated carbocycles. The lowest BCUT2D eigenvalue weighted by atomic mass is 9.86. The van der Waals surface area contributed by atoms with E-state index in [2.05, 4.69) is 55.0 Å². The van der Waals surface area contributed by atoms with Gasteiger partial charge in [-0.15, -0.1) is 0 Å². The lowest BCUT2D eigenvalue weighted by Gasteiger charge is -2.19. The largest absolute Gasteiger partial charge is 0.384 e. The van der Waals surface area contributed by atoms with Crippen molar-refractivity contribution in [3.8, 4) is 11.3 Å². The molecule has 0 atom stereocenters. The zero-order valence-corrected chi connectivity index (χ0v) is 14.4. The van der Waals surface area contributed by atoms with E-state index in [1.807, 2.05) is 12.1 Å². The zero-order chi connectivity index (χ0) is 16.8. The highest BCUT2D eigenvalue weighted by Gasteiger charge is 2.20. The summed E-state index contributed by atoms with van der Waals surface area (Å²) in [5, 5.41) is 11.3. The summed E-state index contributed by atoms with van der Waals surface area (Å²) in [6.07, 6.45) is 1.81. The maximum atomic E-state index is 10.2. The normalized spacial score (nSPS) is 12.8. The topological polar surface area (TPSA) is 48.9 Å². The summed E-state index contributed by atoms with van der Waals surface area (Å²) in [5.74, 6) is 0. The summed E-state index contributed by atoms with van der Waals surface area (Å²) in [5.41, 5.74) is 4.37. The van der Waals surface area contributed by atoms with Gasteiger partial charge in [0.2, 0.25) is 0 Å². The van der Waals surface area contributed by atoms with Crippen LogP contribution in [-0.4, -0.2) is 15.1 Å². The number of hydrogen-bond donors (Lipinski definition) is 2. The van der Waals surface area contributed by atoms with Crippen molar-refractivity contribution >= 4 is 10.9 Å². The van der Waals surface area contributed by atoms with Gasteiger partial charge in [0.25, 0.3) is 0 Å². The Bertz CT molecular complexity index is 831. The number of aliphatic hydroxyl groups is 1. The molecule has 0 aliphatic rings. The molecule has 0 spiro atoms. The molecule has 3 rings (SSSR count). The first-order valence-electron chi connectivity index (χ1n) is 7.98. The van der Waals surface area contributed by atoms with E-state index in [4.69, 9.17) is 0 Å². The fourth-order valence-corrected chi connectivity index (χ4v) is 2.74. The van der Waals surface area contributed by atoms with Crippen molar-refractivity contribution in [2.75, 3.05) is 0 Å². The van der Waals surface area contributed by atoms with Crippen molar-refractivity contribution in [2.45, 2.75) is 45.6 Å². The van der Waals surface area contributed by atoms with Crippen molar-refractivity contribution in [1.82, 2.24) is 9.97 Å². The molecule has 0 aliphatic heterocycles. The van der Waals surface area contributed by atoms with Gasteiger partial charge < -0.3 is 10.1 Å². The van der Waals surface area contributed by atoms with Crippen LogP contribution in [0.5, 0.6) is 0 Å². The molecule has 23 heavy (non-hydrogen) atoms. The highest BCUT2D eigenvalue weighted by atomic mass is 16.3. The van der Waals surface area contributed by atoms with Crippen LogP contribution >= 0.6 is 0 Å². The van der Waals surface area contributed by atoms with Crippen LogP contribution in [0.4, 0.5) is 0 Å². The van der Waals surface area contributed by atoms with E-state index in [1.54, 1.807) is 20.0 Å². The van der Waals surface area contributed by atoms with Gasteiger partial charge in [-0.2, -0.15) is 0 Å². The first-order valence-corrected chi connectivity index (χ1v) is 7.98. The van der Waals surface area contributed by atoms with Crippen molar-refractivity contribution in [3.05, 3.63) is 53.9 Å². The predicted molar refractivity (Wildman–Crippen MR) is 95.5 cm³/mol. The maximum absolute atomic E-state index is 10.2. The molecule has 2 aromatic heterocycles. The van der Waals surface area contributed by atoms with Gasteiger partial charge in [0, 0.05) is 28.4 Å². The third-order valence-corrected chi connectivity index (χ3v) is 4.23. The fourth-order valence-electron chi connectivity index (χ4n) is 2.74. The van der Waals surface area contributed by atoms with Gasteiger partial charge >= 0.3 is 0 Å². The van der Waals surface area contributed by atoms with E-state index in [0.717, 1.165) is 27.9 Å². The first kappa shape index (κ1) is 15.8. The molecule has 120 valence electrons. The van der Waals surface area contributed by atoms with Crippen molar-refractivity contribution < 1.29 is 5.11 Å². The summed E-state index contributed by atoms with van der Waals surface area (Å²) in [6, 6.07) is 12.5. The van der Waals surface area contributed by atoms with Crippen LogP contribution in [0, 0.1) is 0 Å². The minimum atomic E-state index is -0.896. The van der Waals surface area contributed by atoms with Crippen LogP contribution < -0.4 is 0 Å². The molecule has 0 saturated heterocycles. The molecular weight excluding hydrogens is 284 g/mol. The average Bonchev–Trinajstić information content (AvgIpc) is 2.90. The van der Waals surface area contributed by atoms with Gasteiger partial charge in [-0.1, -0.05) is 45.0 Å². The Morgan fingerprint density at radius 3 is 2.17 bits per heavy atom. The van der Waals surface area contributed by atoms with Crippen molar-refractivity contribution in [2.24, 2.45) is 0 Å². The minimum Gasteiger partial charge on any atom is -0.384 e. The Morgan fingerprint density at radius 1 is 0.957 bits per heavy atom. The lowest BCUT2D eigenvalue weighted by Crippen LogP contribution is -2.15. The average molecular weight is 308 g/mol. The second kappa shape index (κ2) is 5.20. The molecule has 1 aromatic carbocycles. The molecule has 0 fully saturated rings. The molecule has 0 radical (unpaired) electrons. The van der Waals surface area contributed by atoms with Gasteiger partial charge in [0.1, 0.15) is 0 Å². The van der Waals surface area contributed by atoms with Crippen LogP contribution in [-0.2, 0) is 11.0 Å². The molecule has 2 N–H and O–H groups in total. The van der Waals surface area contributed by atoms with E-state index >= 15 is 0 Å². The number of rotatable bonds is 2. The van der Waals surface area contributed by atoms with E-state index < -0.39 is 5.60 Å². The number of nitrogens with one attached hydrogen (secondary N) is 1. The van der Waals surface area contributed by atoms with Gasteiger partial charge in [-0.05, 0) is 37.0 Å². The van der Waals surface area contributed by atoms with Crippen molar-refractivity contribution in [3.63, 3.8) is 0 Å². The summed E-state index contributed by atoms with van der Waals surface area (Å²) in [7, 11) is 0. The van der Waals surface area contributed by atoms with E-state index in [-0.39, 0.29) is 5.41 Å². The minimum absolute atomic E-state index is 0.139. The lowest BCUT2D eigenvalue weighted by molar-refractivity contribution is 0.0747. The fraction of sp³-hybridized carbons (Fsp3) is 0.350. The SMILES string of the molecule is CC(C)(C)c1ccc(-c2nccc3[nH]c(C(C)(C)O)cc23)cc1. The number of hydrogen-bond acceptors (Lipinski definition) is 2. The second-order valence-corrected chi connectivity index (χ2v) is 7.69. The maximum Gasteiger partial charge on any atom is 0.0987 e. The van der Waals surface area contributed by atoms with Gasteiger partial charge in [0.05, 0.1) is 11.3 Å². The van der Waals surface area contributed by atoms with Crippen molar-refractivity contribution in [1.29, 1.82) is 0 Å². The zero-order valence-electron chi connectivity index (χ0n) is 14.4. The molecule has 3 heteroatoms. The Labute approximate surface area is 137 Å². The number of nitrogens with zero attached hydrogens (tertiary/aromatic N) is 1. The molecule has 0 amide bonds. The number of H-pyrrole nitrogens is 1. The summed E-state index contributed by atoms with van der Waals surface area (Å²) >= 11 is 0. The van der Waals surface area contributed by atoms with Crippen LogP contribution in [0.1, 0.15) is 45.9 Å². The molecule has 0 unspecified atom stereocenters. The molecule has 3 nitrogen and oxygen atoms in total. The van der Waals surface area contributed by atoms with E-state index in [9.17, 15) is 5.11 Å². The molecule has 2 heterocycles. The molecule has 0 aliphatic carbocycles. The smallest absolute Gasteiger partial charge is 0.0987 e. The Morgan fingerprint density at radius 2 is 1.61 bits per heavy atom. The van der Waals surface area contributed by atoms with E-state index in [0.29, 0.717) is 0 Å². The van der Waals surface area contributed by atoms with Crippen LogP contribution in [0.15, 0.2) is 42.6 Å². The number of aromatic amines is 1. The molecular formula is C20H24N2O. The Kier molecular flexibility index (Phi) is 3.56.